The first kappa shape index (κ1) is 20.8. The zero-order valence-electron chi connectivity index (χ0n) is 16.1. The highest BCUT2D eigenvalue weighted by molar-refractivity contribution is 6.09. The van der Waals surface area contributed by atoms with E-state index in [4.69, 9.17) is 14.7 Å². The second-order valence-corrected chi connectivity index (χ2v) is 6.55. The van der Waals surface area contributed by atoms with Crippen LogP contribution in [-0.4, -0.2) is 32.1 Å². The predicted octanol–water partition coefficient (Wildman–Crippen LogP) is 2.73. The molecular weight excluding hydrogens is 358 g/mol. The Labute approximate surface area is 164 Å². The number of methoxy groups -OCH3 is 1. The Morgan fingerprint density at radius 3 is 2.39 bits per heavy atom. The first-order valence-electron chi connectivity index (χ1n) is 8.73. The third kappa shape index (κ3) is 5.48. The number of nitrogens with zero attached hydrogens (tertiary/aromatic N) is 1. The molecule has 0 aromatic heterocycles. The molecule has 2 rings (SSSR count). The molecule has 0 saturated carbocycles. The quantitative estimate of drug-likeness (QED) is 0.541. The van der Waals surface area contributed by atoms with Gasteiger partial charge in [-0.15, -0.1) is 0 Å². The molecule has 0 aliphatic rings. The third-order valence-electron chi connectivity index (χ3n) is 4.10. The summed E-state index contributed by atoms with van der Waals surface area (Å²) in [6, 6.07) is 15.6. The number of carbonyl (C=O) groups excluding carboxylic acids is 2. The summed E-state index contributed by atoms with van der Waals surface area (Å²) in [5.74, 6) is 0.508. The number of nitriles is 1. The zero-order valence-corrected chi connectivity index (χ0v) is 16.1. The van der Waals surface area contributed by atoms with Crippen LogP contribution in [-0.2, 0) is 9.59 Å². The molecule has 2 aromatic carbocycles. The fraction of sp³-hybridized carbons (Fsp3) is 0.286. The molecule has 2 N–H and O–H groups in total. The van der Waals surface area contributed by atoms with Crippen LogP contribution >= 0.6 is 0 Å². The van der Waals surface area contributed by atoms with Crippen LogP contribution in [0.25, 0.3) is 0 Å². The van der Waals surface area contributed by atoms with Gasteiger partial charge in [-0.1, -0.05) is 6.07 Å². The SMILES string of the molecule is COc1ccc(OCCNC(=O)C(C)(C)C(=O)Nc2cccc(C#N)c2)cc1. The summed E-state index contributed by atoms with van der Waals surface area (Å²) in [6.07, 6.45) is 0. The van der Waals surface area contributed by atoms with Crippen molar-refractivity contribution in [3.63, 3.8) is 0 Å². The van der Waals surface area contributed by atoms with Gasteiger partial charge >= 0.3 is 0 Å². The highest BCUT2D eigenvalue weighted by Crippen LogP contribution is 2.20. The number of anilines is 1. The van der Waals surface area contributed by atoms with Gasteiger partial charge in [-0.3, -0.25) is 9.59 Å². The van der Waals surface area contributed by atoms with E-state index in [0.29, 0.717) is 17.0 Å². The lowest BCUT2D eigenvalue weighted by Crippen LogP contribution is -2.46. The molecule has 0 bridgehead atoms. The Kier molecular flexibility index (Phi) is 6.99. The summed E-state index contributed by atoms with van der Waals surface area (Å²) in [5.41, 5.74) is -0.397. The summed E-state index contributed by atoms with van der Waals surface area (Å²) in [5, 5.41) is 14.3. The molecule has 0 radical (unpaired) electrons. The van der Waals surface area contributed by atoms with Gasteiger partial charge in [0, 0.05) is 5.69 Å². The van der Waals surface area contributed by atoms with E-state index >= 15 is 0 Å². The average Bonchev–Trinajstić information content (AvgIpc) is 2.71. The van der Waals surface area contributed by atoms with E-state index in [2.05, 4.69) is 10.6 Å². The van der Waals surface area contributed by atoms with Crippen molar-refractivity contribution in [2.75, 3.05) is 25.6 Å². The number of carbonyl (C=O) groups is 2. The van der Waals surface area contributed by atoms with Gasteiger partial charge in [0.15, 0.2) is 0 Å². The van der Waals surface area contributed by atoms with Crippen molar-refractivity contribution in [3.05, 3.63) is 54.1 Å². The second kappa shape index (κ2) is 9.42. The first-order chi connectivity index (χ1) is 13.4. The zero-order chi connectivity index (χ0) is 20.6. The molecule has 7 heteroatoms. The molecule has 0 saturated heterocycles. The number of benzene rings is 2. The van der Waals surface area contributed by atoms with Gasteiger partial charge in [-0.05, 0) is 56.3 Å². The molecule has 0 spiro atoms. The van der Waals surface area contributed by atoms with E-state index in [0.717, 1.165) is 5.75 Å². The van der Waals surface area contributed by atoms with Gasteiger partial charge < -0.3 is 20.1 Å². The van der Waals surface area contributed by atoms with E-state index in [1.807, 2.05) is 6.07 Å². The molecule has 0 atom stereocenters. The summed E-state index contributed by atoms with van der Waals surface area (Å²) in [4.78, 5) is 24.9. The van der Waals surface area contributed by atoms with Crippen LogP contribution in [0.2, 0.25) is 0 Å². The Bertz CT molecular complexity index is 870. The third-order valence-corrected chi connectivity index (χ3v) is 4.10. The van der Waals surface area contributed by atoms with Gasteiger partial charge in [0.05, 0.1) is 25.3 Å². The number of amides is 2. The molecular formula is C21H23N3O4. The minimum Gasteiger partial charge on any atom is -0.497 e. The van der Waals surface area contributed by atoms with Crippen molar-refractivity contribution < 1.29 is 19.1 Å². The van der Waals surface area contributed by atoms with Gasteiger partial charge in [0.25, 0.3) is 0 Å². The number of rotatable bonds is 8. The minimum absolute atomic E-state index is 0.255. The molecule has 0 unspecified atom stereocenters. The molecule has 0 aliphatic heterocycles. The Balaban J connectivity index is 1.83. The monoisotopic (exact) mass is 381 g/mol. The summed E-state index contributed by atoms with van der Waals surface area (Å²) >= 11 is 0. The summed E-state index contributed by atoms with van der Waals surface area (Å²) in [6.45, 7) is 3.59. The van der Waals surface area contributed by atoms with E-state index < -0.39 is 17.2 Å². The number of ether oxygens (including phenoxy) is 2. The van der Waals surface area contributed by atoms with E-state index in [9.17, 15) is 9.59 Å². The van der Waals surface area contributed by atoms with Gasteiger partial charge in [-0.2, -0.15) is 5.26 Å². The van der Waals surface area contributed by atoms with Crippen LogP contribution in [0.3, 0.4) is 0 Å². The summed E-state index contributed by atoms with van der Waals surface area (Å²) < 4.78 is 10.6. The van der Waals surface area contributed by atoms with Gasteiger partial charge in [-0.25, -0.2) is 0 Å². The topological polar surface area (TPSA) is 100 Å². The number of hydrogen-bond donors (Lipinski definition) is 2. The smallest absolute Gasteiger partial charge is 0.239 e. The van der Waals surface area contributed by atoms with Crippen molar-refractivity contribution in [1.82, 2.24) is 5.32 Å². The Hall–Kier alpha value is -3.53. The molecule has 0 aliphatic carbocycles. The lowest BCUT2D eigenvalue weighted by atomic mass is 9.91. The van der Waals surface area contributed by atoms with Crippen molar-refractivity contribution in [2.45, 2.75) is 13.8 Å². The lowest BCUT2D eigenvalue weighted by Gasteiger charge is -2.22. The van der Waals surface area contributed by atoms with Crippen LogP contribution in [0.5, 0.6) is 11.5 Å². The van der Waals surface area contributed by atoms with Crippen LogP contribution in [0.1, 0.15) is 19.4 Å². The van der Waals surface area contributed by atoms with Gasteiger partial charge in [0.1, 0.15) is 23.5 Å². The van der Waals surface area contributed by atoms with Crippen LogP contribution in [0, 0.1) is 16.7 Å². The van der Waals surface area contributed by atoms with Crippen molar-refractivity contribution in [3.8, 4) is 17.6 Å². The maximum atomic E-state index is 12.5. The van der Waals surface area contributed by atoms with Crippen LogP contribution in [0.15, 0.2) is 48.5 Å². The highest BCUT2D eigenvalue weighted by Gasteiger charge is 2.35. The standard InChI is InChI=1S/C21H23N3O4/c1-21(2,20(26)24-16-6-4-5-15(13-16)14-22)19(25)23-11-12-28-18-9-7-17(27-3)8-10-18/h4-10,13H,11-12H2,1-3H3,(H,23,25)(H,24,26). The molecule has 2 amide bonds. The summed E-state index contributed by atoms with van der Waals surface area (Å²) in [7, 11) is 1.59. The first-order valence-corrected chi connectivity index (χ1v) is 8.73. The Morgan fingerprint density at radius 2 is 1.75 bits per heavy atom. The normalized spacial score (nSPS) is 10.5. The molecule has 0 fully saturated rings. The lowest BCUT2D eigenvalue weighted by molar-refractivity contribution is -0.138. The number of hydrogen-bond acceptors (Lipinski definition) is 5. The van der Waals surface area contributed by atoms with E-state index in [1.54, 1.807) is 55.6 Å². The molecule has 146 valence electrons. The van der Waals surface area contributed by atoms with Crippen molar-refractivity contribution in [1.29, 1.82) is 5.26 Å². The fourth-order valence-electron chi connectivity index (χ4n) is 2.28. The van der Waals surface area contributed by atoms with Crippen LogP contribution in [0.4, 0.5) is 5.69 Å². The van der Waals surface area contributed by atoms with Crippen LogP contribution < -0.4 is 20.1 Å². The molecule has 2 aromatic rings. The van der Waals surface area contributed by atoms with Crippen molar-refractivity contribution >= 4 is 17.5 Å². The number of nitrogens with one attached hydrogen (secondary N) is 2. The molecule has 7 nitrogen and oxygen atoms in total. The molecule has 0 heterocycles. The van der Waals surface area contributed by atoms with Crippen molar-refractivity contribution in [2.24, 2.45) is 5.41 Å². The maximum Gasteiger partial charge on any atom is 0.239 e. The minimum atomic E-state index is -1.29. The maximum absolute atomic E-state index is 12.5. The highest BCUT2D eigenvalue weighted by atomic mass is 16.5. The van der Waals surface area contributed by atoms with E-state index in [1.165, 1.54) is 13.8 Å². The Morgan fingerprint density at radius 1 is 1.07 bits per heavy atom. The fourth-order valence-corrected chi connectivity index (χ4v) is 2.28. The van der Waals surface area contributed by atoms with Gasteiger partial charge in [0.2, 0.25) is 11.8 Å². The average molecular weight is 381 g/mol. The predicted molar refractivity (Wildman–Crippen MR) is 105 cm³/mol. The second-order valence-electron chi connectivity index (χ2n) is 6.55. The van der Waals surface area contributed by atoms with E-state index in [-0.39, 0.29) is 13.2 Å². The largest absolute Gasteiger partial charge is 0.497 e. The molecule has 28 heavy (non-hydrogen) atoms.